The standard InChI is InChI=1S/C27H27N3O3S2/c1-32-17-11-12-22(33-2)20(15-17)28-27(31)30-16-19-18-7-3-4-9-23(18)35-26(19)29-13-5-8-21(29)25(30)24-10-6-14-34-24/h5-6,8,10-15,25H,3-4,7,9,16H2,1-2H3,(H,28,31). The van der Waals surface area contributed by atoms with E-state index < -0.39 is 0 Å². The molecule has 0 radical (unpaired) electrons. The lowest BCUT2D eigenvalue weighted by atomic mass is 9.95. The van der Waals surface area contributed by atoms with Gasteiger partial charge in [-0.2, -0.15) is 0 Å². The van der Waals surface area contributed by atoms with Crippen LogP contribution in [0, 0.1) is 0 Å². The van der Waals surface area contributed by atoms with Crippen molar-refractivity contribution in [3.63, 3.8) is 0 Å². The number of ether oxygens (including phenoxy) is 2. The first-order valence-electron chi connectivity index (χ1n) is 11.8. The van der Waals surface area contributed by atoms with Gasteiger partial charge in [0.15, 0.2) is 0 Å². The van der Waals surface area contributed by atoms with Crippen molar-refractivity contribution in [3.05, 3.63) is 80.6 Å². The quantitative estimate of drug-likeness (QED) is 0.339. The van der Waals surface area contributed by atoms with Crippen LogP contribution in [0.15, 0.2) is 54.0 Å². The van der Waals surface area contributed by atoms with Crippen LogP contribution in [0.25, 0.3) is 5.00 Å². The molecule has 180 valence electrons. The molecule has 1 aromatic carbocycles. The summed E-state index contributed by atoms with van der Waals surface area (Å²) in [4.78, 5) is 18.6. The van der Waals surface area contributed by atoms with E-state index in [-0.39, 0.29) is 12.1 Å². The van der Waals surface area contributed by atoms with E-state index in [2.05, 4.69) is 45.7 Å². The number of urea groups is 1. The lowest BCUT2D eigenvalue weighted by molar-refractivity contribution is 0.195. The molecule has 4 heterocycles. The number of fused-ring (bicyclic) bond motifs is 5. The van der Waals surface area contributed by atoms with E-state index in [1.807, 2.05) is 28.4 Å². The third kappa shape index (κ3) is 3.81. The van der Waals surface area contributed by atoms with E-state index in [0.717, 1.165) is 23.4 Å². The fourth-order valence-electron chi connectivity index (χ4n) is 5.23. The average molecular weight is 506 g/mol. The first kappa shape index (κ1) is 22.2. The molecule has 0 saturated carbocycles. The number of aromatic nitrogens is 1. The Labute approximate surface area is 212 Å². The van der Waals surface area contributed by atoms with E-state index in [9.17, 15) is 4.79 Å². The van der Waals surface area contributed by atoms with Crippen LogP contribution in [0.3, 0.4) is 0 Å². The van der Waals surface area contributed by atoms with Crippen molar-refractivity contribution in [1.82, 2.24) is 9.47 Å². The van der Waals surface area contributed by atoms with Crippen LogP contribution in [0.1, 0.15) is 45.5 Å². The number of hydrogen-bond donors (Lipinski definition) is 1. The predicted octanol–water partition coefficient (Wildman–Crippen LogP) is 6.63. The number of methoxy groups -OCH3 is 2. The molecule has 0 fully saturated rings. The Morgan fingerprint density at radius 1 is 1.06 bits per heavy atom. The van der Waals surface area contributed by atoms with Gasteiger partial charge in [0, 0.05) is 27.6 Å². The van der Waals surface area contributed by atoms with E-state index in [4.69, 9.17) is 9.47 Å². The first-order valence-corrected chi connectivity index (χ1v) is 13.5. The maximum atomic E-state index is 14.0. The smallest absolute Gasteiger partial charge is 0.323 e. The van der Waals surface area contributed by atoms with Crippen molar-refractivity contribution in [2.45, 2.75) is 38.3 Å². The molecule has 1 aliphatic heterocycles. The van der Waals surface area contributed by atoms with Gasteiger partial charge in [-0.05, 0) is 67.0 Å². The zero-order valence-corrected chi connectivity index (χ0v) is 21.4. The Morgan fingerprint density at radius 2 is 1.94 bits per heavy atom. The van der Waals surface area contributed by atoms with Gasteiger partial charge >= 0.3 is 6.03 Å². The molecule has 8 heteroatoms. The van der Waals surface area contributed by atoms with Crippen molar-refractivity contribution >= 4 is 34.4 Å². The highest BCUT2D eigenvalue weighted by molar-refractivity contribution is 7.15. The number of amides is 2. The summed E-state index contributed by atoms with van der Waals surface area (Å²) in [6, 6.07) is 13.5. The molecule has 0 saturated heterocycles. The van der Waals surface area contributed by atoms with Gasteiger partial charge in [-0.25, -0.2) is 4.79 Å². The van der Waals surface area contributed by atoms with Crippen LogP contribution in [0.4, 0.5) is 10.5 Å². The molecule has 0 spiro atoms. The molecule has 2 amide bonds. The molecule has 1 atom stereocenters. The van der Waals surface area contributed by atoms with Gasteiger partial charge in [-0.3, -0.25) is 0 Å². The van der Waals surface area contributed by atoms with Gasteiger partial charge in [-0.15, -0.1) is 22.7 Å². The van der Waals surface area contributed by atoms with Gasteiger partial charge in [0.25, 0.3) is 0 Å². The zero-order chi connectivity index (χ0) is 23.9. The van der Waals surface area contributed by atoms with E-state index in [0.29, 0.717) is 23.7 Å². The molecule has 3 aromatic heterocycles. The monoisotopic (exact) mass is 505 g/mol. The zero-order valence-electron chi connectivity index (χ0n) is 19.7. The largest absolute Gasteiger partial charge is 0.497 e. The van der Waals surface area contributed by atoms with Gasteiger partial charge < -0.3 is 24.3 Å². The Balaban J connectivity index is 1.47. The third-order valence-corrected chi connectivity index (χ3v) is 9.16. The Kier molecular flexibility index (Phi) is 5.78. The number of carbonyl (C=O) groups is 1. The number of nitrogens with zero attached hydrogens (tertiary/aromatic N) is 2. The van der Waals surface area contributed by atoms with Crippen molar-refractivity contribution in [2.24, 2.45) is 0 Å². The van der Waals surface area contributed by atoms with Gasteiger partial charge in [0.2, 0.25) is 0 Å². The topological polar surface area (TPSA) is 55.7 Å². The van der Waals surface area contributed by atoms with E-state index in [1.165, 1.54) is 33.8 Å². The minimum atomic E-state index is -0.194. The summed E-state index contributed by atoms with van der Waals surface area (Å²) in [6.45, 7) is 0.559. The Morgan fingerprint density at radius 3 is 2.74 bits per heavy atom. The second kappa shape index (κ2) is 9.09. The molecule has 6 rings (SSSR count). The van der Waals surface area contributed by atoms with Crippen molar-refractivity contribution in [1.29, 1.82) is 0 Å². The third-order valence-electron chi connectivity index (χ3n) is 6.90. The summed E-state index contributed by atoms with van der Waals surface area (Å²) in [5.41, 5.74) is 4.43. The molecule has 6 nitrogen and oxygen atoms in total. The Hall–Kier alpha value is -3.23. The van der Waals surface area contributed by atoms with Gasteiger partial charge in [0.05, 0.1) is 32.1 Å². The number of thiophene rings is 2. The maximum Gasteiger partial charge on any atom is 0.323 e. The number of rotatable bonds is 4. The highest BCUT2D eigenvalue weighted by atomic mass is 32.1. The summed E-state index contributed by atoms with van der Waals surface area (Å²) >= 11 is 3.58. The van der Waals surface area contributed by atoms with Gasteiger partial charge in [-0.1, -0.05) is 6.07 Å². The lowest BCUT2D eigenvalue weighted by Gasteiger charge is -2.30. The molecule has 4 aromatic rings. The van der Waals surface area contributed by atoms with Crippen LogP contribution in [-0.4, -0.2) is 29.7 Å². The molecule has 1 N–H and O–H groups in total. The fraction of sp³-hybridized carbons (Fsp3) is 0.296. The molecule has 1 unspecified atom stereocenters. The molecular weight excluding hydrogens is 478 g/mol. The second-order valence-corrected chi connectivity index (χ2v) is 10.9. The highest BCUT2D eigenvalue weighted by Crippen LogP contribution is 2.45. The number of hydrogen-bond acceptors (Lipinski definition) is 5. The predicted molar refractivity (Wildman–Crippen MR) is 141 cm³/mol. The molecule has 2 aliphatic rings. The van der Waals surface area contributed by atoms with Crippen LogP contribution >= 0.6 is 22.7 Å². The minimum Gasteiger partial charge on any atom is -0.497 e. The molecular formula is C27H27N3O3S2. The summed E-state index contributed by atoms with van der Waals surface area (Å²) < 4.78 is 13.2. The minimum absolute atomic E-state index is 0.161. The normalized spacial score (nSPS) is 16.6. The summed E-state index contributed by atoms with van der Waals surface area (Å²) in [5.74, 6) is 1.26. The van der Waals surface area contributed by atoms with Crippen molar-refractivity contribution in [2.75, 3.05) is 19.5 Å². The van der Waals surface area contributed by atoms with Gasteiger partial charge in [0.1, 0.15) is 22.5 Å². The lowest BCUT2D eigenvalue weighted by Crippen LogP contribution is -2.37. The Bertz CT molecular complexity index is 1370. The molecule has 1 aliphatic carbocycles. The summed E-state index contributed by atoms with van der Waals surface area (Å²) in [6.07, 6.45) is 6.80. The first-order chi connectivity index (χ1) is 17.2. The molecule has 35 heavy (non-hydrogen) atoms. The van der Waals surface area contributed by atoms with Crippen LogP contribution < -0.4 is 14.8 Å². The van der Waals surface area contributed by atoms with Crippen LogP contribution in [0.2, 0.25) is 0 Å². The fourth-order valence-corrected chi connectivity index (χ4v) is 7.48. The number of benzene rings is 1. The van der Waals surface area contributed by atoms with E-state index >= 15 is 0 Å². The summed E-state index contributed by atoms with van der Waals surface area (Å²) in [5, 5.41) is 6.47. The maximum absolute atomic E-state index is 14.0. The van der Waals surface area contributed by atoms with Crippen LogP contribution in [-0.2, 0) is 19.4 Å². The number of carbonyl (C=O) groups excluding carboxylic acids is 1. The van der Waals surface area contributed by atoms with Crippen molar-refractivity contribution in [3.8, 4) is 16.5 Å². The highest BCUT2D eigenvalue weighted by Gasteiger charge is 2.36. The summed E-state index contributed by atoms with van der Waals surface area (Å²) in [7, 11) is 3.22. The van der Waals surface area contributed by atoms with E-state index in [1.54, 1.807) is 31.6 Å². The SMILES string of the molecule is COc1ccc(OC)c(NC(=O)N2Cc3c(sc4c3CCCC4)-n3cccc3C2c2cccs2)c1. The van der Waals surface area contributed by atoms with Crippen LogP contribution in [0.5, 0.6) is 11.5 Å². The second-order valence-electron chi connectivity index (χ2n) is 8.84. The number of anilines is 1. The average Bonchev–Trinajstić information content (AvgIpc) is 3.63. The van der Waals surface area contributed by atoms with Crippen molar-refractivity contribution < 1.29 is 14.3 Å². The number of aryl methyl sites for hydroxylation is 1. The molecule has 0 bridgehead atoms. The number of nitrogens with one attached hydrogen (secondary N) is 1.